The summed E-state index contributed by atoms with van der Waals surface area (Å²) < 4.78 is 0. The van der Waals surface area contributed by atoms with Crippen LogP contribution in [0.1, 0.15) is 32.3 Å². The lowest BCUT2D eigenvalue weighted by molar-refractivity contribution is -0.120. The summed E-state index contributed by atoms with van der Waals surface area (Å²) in [4.78, 5) is 14.3. The van der Waals surface area contributed by atoms with Crippen molar-refractivity contribution in [1.29, 1.82) is 0 Å². The Bertz CT molecular complexity index is 425. The molecule has 4 nitrogen and oxygen atoms in total. The minimum atomic E-state index is 0.0742. The van der Waals surface area contributed by atoms with Crippen LogP contribution in [0.4, 0.5) is 0 Å². The summed E-state index contributed by atoms with van der Waals surface area (Å²) in [6, 6.07) is 11.1. The first kappa shape index (κ1) is 16.0. The fraction of sp³-hybridized carbons (Fsp3) is 0.588. The Labute approximate surface area is 127 Å². The molecule has 2 N–H and O–H groups in total. The van der Waals surface area contributed by atoms with Gasteiger partial charge in [-0.2, -0.15) is 0 Å². The van der Waals surface area contributed by atoms with E-state index in [1.807, 2.05) is 30.3 Å². The van der Waals surface area contributed by atoms with Gasteiger partial charge in [0, 0.05) is 18.6 Å². The predicted molar refractivity (Wildman–Crippen MR) is 86.0 cm³/mol. The highest BCUT2D eigenvalue weighted by Gasteiger charge is 2.20. The number of carbonyl (C=O) groups is 1. The largest absolute Gasteiger partial charge is 0.351 e. The predicted octanol–water partition coefficient (Wildman–Crippen LogP) is 1.77. The highest BCUT2D eigenvalue weighted by molar-refractivity contribution is 5.78. The molecule has 0 atom stereocenters. The fourth-order valence-corrected chi connectivity index (χ4v) is 2.72. The average molecular weight is 289 g/mol. The molecule has 0 radical (unpaired) electrons. The van der Waals surface area contributed by atoms with Crippen molar-refractivity contribution in [2.45, 2.75) is 45.3 Å². The summed E-state index contributed by atoms with van der Waals surface area (Å²) in [5.41, 5.74) is 1.14. The van der Waals surface area contributed by atoms with Gasteiger partial charge in [-0.15, -0.1) is 0 Å². The van der Waals surface area contributed by atoms with Crippen molar-refractivity contribution in [2.24, 2.45) is 0 Å². The zero-order valence-corrected chi connectivity index (χ0v) is 13.1. The summed E-state index contributed by atoms with van der Waals surface area (Å²) in [6.45, 7) is 7.75. The van der Waals surface area contributed by atoms with Crippen molar-refractivity contribution in [2.75, 3.05) is 19.6 Å². The Kier molecular flexibility index (Phi) is 6.21. The lowest BCUT2D eigenvalue weighted by atomic mass is 10.0. The maximum atomic E-state index is 11.8. The number of hydrogen-bond acceptors (Lipinski definition) is 3. The normalized spacial score (nSPS) is 17.1. The van der Waals surface area contributed by atoms with E-state index in [0.29, 0.717) is 25.2 Å². The molecule has 21 heavy (non-hydrogen) atoms. The molecule has 1 aliphatic heterocycles. The molecule has 0 aliphatic carbocycles. The van der Waals surface area contributed by atoms with Gasteiger partial charge in [0.2, 0.25) is 5.91 Å². The third kappa shape index (κ3) is 5.48. The topological polar surface area (TPSA) is 44.4 Å². The highest BCUT2D eigenvalue weighted by Crippen LogP contribution is 2.12. The molecular formula is C17H27N3O. The number of carbonyl (C=O) groups excluding carboxylic acids is 1. The van der Waals surface area contributed by atoms with E-state index < -0.39 is 0 Å². The van der Waals surface area contributed by atoms with Crippen LogP contribution in [0.3, 0.4) is 0 Å². The molecule has 0 aromatic heterocycles. The molecule has 2 rings (SSSR count). The number of nitrogens with one attached hydrogen (secondary N) is 2. The molecule has 1 aromatic carbocycles. The number of nitrogens with zero attached hydrogens (tertiary/aromatic N) is 1. The highest BCUT2D eigenvalue weighted by atomic mass is 16.1. The number of benzene rings is 1. The number of piperidine rings is 1. The Morgan fingerprint density at radius 1 is 1.24 bits per heavy atom. The van der Waals surface area contributed by atoms with Gasteiger partial charge in [0.1, 0.15) is 0 Å². The Hall–Kier alpha value is -1.39. The number of amides is 1. The van der Waals surface area contributed by atoms with Crippen LogP contribution in [-0.4, -0.2) is 42.5 Å². The van der Waals surface area contributed by atoms with E-state index in [9.17, 15) is 4.79 Å². The van der Waals surface area contributed by atoms with Crippen molar-refractivity contribution in [3.05, 3.63) is 35.9 Å². The van der Waals surface area contributed by atoms with Crippen molar-refractivity contribution in [1.82, 2.24) is 15.5 Å². The molecule has 0 bridgehead atoms. The monoisotopic (exact) mass is 289 g/mol. The lowest BCUT2D eigenvalue weighted by Gasteiger charge is -2.34. The van der Waals surface area contributed by atoms with Crippen LogP contribution in [0.2, 0.25) is 0 Å². The zero-order chi connectivity index (χ0) is 15.1. The second kappa shape index (κ2) is 8.15. The van der Waals surface area contributed by atoms with E-state index in [2.05, 4.69) is 29.4 Å². The van der Waals surface area contributed by atoms with Gasteiger partial charge < -0.3 is 15.5 Å². The summed E-state index contributed by atoms with van der Waals surface area (Å²) >= 11 is 0. The van der Waals surface area contributed by atoms with E-state index in [4.69, 9.17) is 0 Å². The summed E-state index contributed by atoms with van der Waals surface area (Å²) in [7, 11) is 0. The summed E-state index contributed by atoms with van der Waals surface area (Å²) in [5.74, 6) is 0.0742. The molecule has 0 unspecified atom stereocenters. The molecule has 1 fully saturated rings. The lowest BCUT2D eigenvalue weighted by Crippen LogP contribution is -2.47. The third-order valence-corrected chi connectivity index (χ3v) is 4.14. The first-order valence-electron chi connectivity index (χ1n) is 7.93. The third-order valence-electron chi connectivity index (χ3n) is 4.14. The number of rotatable bonds is 6. The zero-order valence-electron chi connectivity index (χ0n) is 13.1. The molecule has 0 spiro atoms. The minimum Gasteiger partial charge on any atom is -0.351 e. The number of likely N-dealkylation sites (tertiary alicyclic amines) is 1. The number of hydrogen-bond donors (Lipinski definition) is 2. The molecule has 116 valence electrons. The van der Waals surface area contributed by atoms with Crippen molar-refractivity contribution >= 4 is 5.91 Å². The van der Waals surface area contributed by atoms with Gasteiger partial charge >= 0.3 is 0 Å². The average Bonchev–Trinajstić information content (AvgIpc) is 2.52. The maximum Gasteiger partial charge on any atom is 0.234 e. The molecule has 1 aliphatic rings. The molecule has 1 amide bonds. The van der Waals surface area contributed by atoms with Gasteiger partial charge in [-0.05, 0) is 45.3 Å². The standard InChI is InChI=1S/C17H27N3O/c1-14(2)20-10-8-16(9-11-20)18-13-17(21)19-12-15-6-4-3-5-7-15/h3-7,14,16,18H,8-13H2,1-2H3,(H,19,21). The molecule has 1 aromatic rings. The summed E-state index contributed by atoms with van der Waals surface area (Å²) in [5, 5.41) is 6.33. The Morgan fingerprint density at radius 2 is 1.90 bits per heavy atom. The second-order valence-electron chi connectivity index (χ2n) is 6.05. The van der Waals surface area contributed by atoms with Crippen molar-refractivity contribution in [3.63, 3.8) is 0 Å². The van der Waals surface area contributed by atoms with E-state index in [0.717, 1.165) is 31.5 Å². The quantitative estimate of drug-likeness (QED) is 0.839. The smallest absolute Gasteiger partial charge is 0.234 e. The molecule has 0 saturated carbocycles. The minimum absolute atomic E-state index is 0.0742. The van der Waals surface area contributed by atoms with Crippen LogP contribution in [0.15, 0.2) is 30.3 Å². The van der Waals surface area contributed by atoms with E-state index in [-0.39, 0.29) is 5.91 Å². The molecule has 1 heterocycles. The fourth-order valence-electron chi connectivity index (χ4n) is 2.72. The van der Waals surface area contributed by atoms with E-state index >= 15 is 0 Å². The van der Waals surface area contributed by atoms with Crippen LogP contribution in [0, 0.1) is 0 Å². The van der Waals surface area contributed by atoms with Crippen LogP contribution < -0.4 is 10.6 Å². The summed E-state index contributed by atoms with van der Waals surface area (Å²) in [6.07, 6.45) is 2.26. The van der Waals surface area contributed by atoms with Gasteiger partial charge in [0.15, 0.2) is 0 Å². The van der Waals surface area contributed by atoms with Gasteiger partial charge in [-0.25, -0.2) is 0 Å². The van der Waals surface area contributed by atoms with Gasteiger partial charge in [-0.3, -0.25) is 4.79 Å². The van der Waals surface area contributed by atoms with Crippen molar-refractivity contribution < 1.29 is 4.79 Å². The second-order valence-corrected chi connectivity index (χ2v) is 6.05. The van der Waals surface area contributed by atoms with Crippen molar-refractivity contribution in [3.8, 4) is 0 Å². The van der Waals surface area contributed by atoms with Crippen LogP contribution >= 0.6 is 0 Å². The molecular weight excluding hydrogens is 262 g/mol. The van der Waals surface area contributed by atoms with Crippen LogP contribution in [-0.2, 0) is 11.3 Å². The van der Waals surface area contributed by atoms with E-state index in [1.54, 1.807) is 0 Å². The van der Waals surface area contributed by atoms with Gasteiger partial charge in [-0.1, -0.05) is 30.3 Å². The van der Waals surface area contributed by atoms with Crippen LogP contribution in [0.25, 0.3) is 0 Å². The first-order valence-corrected chi connectivity index (χ1v) is 7.93. The molecule has 1 saturated heterocycles. The Balaban J connectivity index is 1.61. The maximum absolute atomic E-state index is 11.8. The first-order chi connectivity index (χ1) is 10.1. The SMILES string of the molecule is CC(C)N1CCC(NCC(=O)NCc2ccccc2)CC1. The molecule has 4 heteroatoms. The van der Waals surface area contributed by atoms with Gasteiger partial charge in [0.25, 0.3) is 0 Å². The van der Waals surface area contributed by atoms with Crippen LogP contribution in [0.5, 0.6) is 0 Å². The Morgan fingerprint density at radius 3 is 2.52 bits per heavy atom. The van der Waals surface area contributed by atoms with E-state index in [1.165, 1.54) is 0 Å². The van der Waals surface area contributed by atoms with Gasteiger partial charge in [0.05, 0.1) is 6.54 Å².